The third-order valence-corrected chi connectivity index (χ3v) is 6.87. The molecule has 4 heterocycles. The summed E-state index contributed by atoms with van der Waals surface area (Å²) in [7, 11) is 0. The predicted octanol–water partition coefficient (Wildman–Crippen LogP) is 3.79. The van der Waals surface area contributed by atoms with E-state index in [0.717, 1.165) is 18.3 Å². The lowest BCUT2D eigenvalue weighted by Gasteiger charge is -2.37. The molecule has 8 nitrogen and oxygen atoms in total. The number of benzene rings is 1. The van der Waals surface area contributed by atoms with E-state index in [-0.39, 0.29) is 29.9 Å². The molecule has 2 saturated heterocycles. The molecule has 2 fully saturated rings. The summed E-state index contributed by atoms with van der Waals surface area (Å²) >= 11 is 0. The number of aromatic nitrogens is 4. The molecule has 0 atom stereocenters. The third kappa shape index (κ3) is 4.31. The van der Waals surface area contributed by atoms with E-state index in [1.54, 1.807) is 17.9 Å². The lowest BCUT2D eigenvalue weighted by molar-refractivity contribution is -0.137. The first-order valence-electron chi connectivity index (χ1n) is 11.4. The number of hydrogen-bond acceptors (Lipinski definition) is 5. The molecule has 0 radical (unpaired) electrons. The van der Waals surface area contributed by atoms with Crippen molar-refractivity contribution in [1.82, 2.24) is 24.9 Å². The Bertz CT molecular complexity index is 1310. The number of nitrogens with zero attached hydrogens (tertiary/aromatic N) is 6. The van der Waals surface area contributed by atoms with Crippen LogP contribution in [0.25, 0.3) is 5.69 Å². The maximum absolute atomic E-state index is 13.7. The van der Waals surface area contributed by atoms with Gasteiger partial charge >= 0.3 is 6.18 Å². The number of rotatable bonds is 3. The Morgan fingerprint density at radius 3 is 2.47 bits per heavy atom. The monoisotopic (exact) mass is 502 g/mol. The van der Waals surface area contributed by atoms with Crippen molar-refractivity contribution in [3.63, 3.8) is 0 Å². The van der Waals surface area contributed by atoms with Crippen LogP contribution < -0.4 is 4.90 Å². The molecule has 3 aromatic rings. The predicted molar refractivity (Wildman–Crippen MR) is 120 cm³/mol. The highest BCUT2D eigenvalue weighted by Crippen LogP contribution is 2.43. The second-order valence-corrected chi connectivity index (χ2v) is 9.21. The van der Waals surface area contributed by atoms with Crippen LogP contribution in [-0.4, -0.2) is 56.3 Å². The van der Waals surface area contributed by atoms with Crippen molar-refractivity contribution >= 4 is 17.6 Å². The highest BCUT2D eigenvalue weighted by molar-refractivity contribution is 5.99. The summed E-state index contributed by atoms with van der Waals surface area (Å²) in [4.78, 5) is 33.1. The molecular formula is C24H22F4N6O2. The summed E-state index contributed by atoms with van der Waals surface area (Å²) in [5, 5.41) is 7.87. The molecule has 1 aromatic carbocycles. The lowest BCUT2D eigenvalue weighted by Crippen LogP contribution is -2.46. The summed E-state index contributed by atoms with van der Waals surface area (Å²) in [6.07, 6.45) is -0.812. The van der Waals surface area contributed by atoms with Crippen LogP contribution in [0.15, 0.2) is 42.7 Å². The van der Waals surface area contributed by atoms with Crippen molar-refractivity contribution in [2.24, 2.45) is 5.41 Å². The van der Waals surface area contributed by atoms with E-state index in [9.17, 15) is 27.2 Å². The Kier molecular flexibility index (Phi) is 5.76. The van der Waals surface area contributed by atoms with Crippen LogP contribution in [0.4, 0.5) is 23.4 Å². The molecule has 12 heteroatoms. The molecule has 188 valence electrons. The van der Waals surface area contributed by atoms with Gasteiger partial charge in [-0.2, -0.15) is 13.2 Å². The van der Waals surface area contributed by atoms with Gasteiger partial charge in [0.1, 0.15) is 11.6 Å². The fourth-order valence-corrected chi connectivity index (χ4v) is 4.88. The van der Waals surface area contributed by atoms with Gasteiger partial charge in [0.15, 0.2) is 5.69 Å². The van der Waals surface area contributed by atoms with Gasteiger partial charge in [-0.05, 0) is 62.1 Å². The van der Waals surface area contributed by atoms with Crippen molar-refractivity contribution in [1.29, 1.82) is 0 Å². The molecule has 1 spiro atoms. The van der Waals surface area contributed by atoms with Gasteiger partial charge in [-0.25, -0.2) is 14.1 Å². The van der Waals surface area contributed by atoms with Crippen LogP contribution in [0.2, 0.25) is 0 Å². The number of carbonyl (C=O) groups excluding carboxylic acids is 2. The standard InChI is InChI=1S/C24H22F4N6O2/c1-15-10-17(25)13-18(11-15)34-14-19(30-31-34)21(35)32-7-3-23(4-8-32)5-9-33(22(23)36)20-12-16(2-6-29-20)24(26,27)28/h2,6,10-14H,3-5,7-9H2,1H3. The Morgan fingerprint density at radius 2 is 1.78 bits per heavy atom. The van der Waals surface area contributed by atoms with Crippen molar-refractivity contribution < 1.29 is 27.2 Å². The first-order valence-corrected chi connectivity index (χ1v) is 11.4. The van der Waals surface area contributed by atoms with Gasteiger partial charge in [-0.15, -0.1) is 5.10 Å². The first kappa shape index (κ1) is 23.9. The van der Waals surface area contributed by atoms with Gasteiger partial charge in [0.2, 0.25) is 5.91 Å². The average Bonchev–Trinajstić information content (AvgIpc) is 3.44. The molecule has 0 saturated carbocycles. The fourth-order valence-electron chi connectivity index (χ4n) is 4.88. The molecule has 0 bridgehead atoms. The number of alkyl halides is 3. The largest absolute Gasteiger partial charge is 0.416 e. The van der Waals surface area contributed by atoms with Gasteiger partial charge in [0, 0.05) is 25.8 Å². The topological polar surface area (TPSA) is 84.2 Å². The average molecular weight is 502 g/mol. The van der Waals surface area contributed by atoms with Gasteiger partial charge in [-0.1, -0.05) is 5.21 Å². The highest BCUT2D eigenvalue weighted by atomic mass is 19.4. The zero-order valence-corrected chi connectivity index (χ0v) is 19.3. The molecule has 2 aliphatic rings. The van der Waals surface area contributed by atoms with Crippen molar-refractivity contribution in [3.8, 4) is 5.69 Å². The van der Waals surface area contributed by atoms with E-state index in [1.807, 2.05) is 0 Å². The number of piperidine rings is 1. The van der Waals surface area contributed by atoms with Crippen LogP contribution in [-0.2, 0) is 11.0 Å². The molecular weight excluding hydrogens is 480 g/mol. The quantitative estimate of drug-likeness (QED) is 0.509. The second kappa shape index (κ2) is 8.68. The van der Waals surface area contributed by atoms with Gasteiger partial charge in [0.25, 0.3) is 5.91 Å². The molecule has 0 unspecified atom stereocenters. The van der Waals surface area contributed by atoms with E-state index >= 15 is 0 Å². The summed E-state index contributed by atoms with van der Waals surface area (Å²) in [6.45, 7) is 2.59. The normalized spacial score (nSPS) is 17.8. The smallest absolute Gasteiger partial charge is 0.337 e. The maximum Gasteiger partial charge on any atom is 0.416 e. The van der Waals surface area contributed by atoms with E-state index in [2.05, 4.69) is 15.3 Å². The van der Waals surface area contributed by atoms with Crippen molar-refractivity contribution in [2.75, 3.05) is 24.5 Å². The maximum atomic E-state index is 13.7. The lowest BCUT2D eigenvalue weighted by atomic mass is 9.77. The van der Waals surface area contributed by atoms with Gasteiger partial charge in [0.05, 0.1) is 22.9 Å². The first-order chi connectivity index (χ1) is 17.1. The number of pyridine rings is 1. The SMILES string of the molecule is Cc1cc(F)cc(-n2cc(C(=O)N3CCC4(CC3)CCN(c3cc(C(F)(F)F)ccn3)C4=O)nn2)c1. The van der Waals surface area contributed by atoms with Crippen LogP contribution in [0.1, 0.15) is 40.9 Å². The van der Waals surface area contributed by atoms with Gasteiger partial charge in [-0.3, -0.25) is 14.5 Å². The van der Waals surface area contributed by atoms with E-state index in [1.165, 1.54) is 27.9 Å². The molecule has 0 aliphatic carbocycles. The zero-order chi connectivity index (χ0) is 25.7. The van der Waals surface area contributed by atoms with Gasteiger partial charge < -0.3 is 4.90 Å². The Labute approximate surface area is 203 Å². The number of carbonyl (C=O) groups is 2. The molecule has 36 heavy (non-hydrogen) atoms. The number of halogens is 4. The number of likely N-dealkylation sites (tertiary alicyclic amines) is 1. The van der Waals surface area contributed by atoms with Crippen molar-refractivity contribution in [3.05, 3.63) is 65.4 Å². The number of anilines is 1. The molecule has 5 rings (SSSR count). The fraction of sp³-hybridized carbons (Fsp3) is 0.375. The number of hydrogen-bond donors (Lipinski definition) is 0. The minimum atomic E-state index is -4.53. The zero-order valence-electron chi connectivity index (χ0n) is 19.3. The van der Waals surface area contributed by atoms with Crippen LogP contribution >= 0.6 is 0 Å². The summed E-state index contributed by atoms with van der Waals surface area (Å²) in [5.41, 5.74) is -0.367. The second-order valence-electron chi connectivity index (χ2n) is 9.21. The number of aryl methyl sites for hydroxylation is 1. The molecule has 0 N–H and O–H groups in total. The van der Waals surface area contributed by atoms with Crippen LogP contribution in [0, 0.1) is 18.2 Å². The third-order valence-electron chi connectivity index (χ3n) is 6.87. The minimum absolute atomic E-state index is 0.0191. The van der Waals surface area contributed by atoms with E-state index in [0.29, 0.717) is 43.6 Å². The Morgan fingerprint density at radius 1 is 1.06 bits per heavy atom. The number of amides is 2. The van der Waals surface area contributed by atoms with Crippen LogP contribution in [0.5, 0.6) is 0 Å². The van der Waals surface area contributed by atoms with Crippen molar-refractivity contribution in [2.45, 2.75) is 32.4 Å². The summed E-state index contributed by atoms with van der Waals surface area (Å²) in [6, 6.07) is 6.14. The molecule has 2 aromatic heterocycles. The van der Waals surface area contributed by atoms with E-state index in [4.69, 9.17) is 0 Å². The summed E-state index contributed by atoms with van der Waals surface area (Å²) in [5.74, 6) is -1.07. The highest BCUT2D eigenvalue weighted by Gasteiger charge is 2.49. The van der Waals surface area contributed by atoms with Crippen LogP contribution in [0.3, 0.4) is 0 Å². The molecule has 2 amide bonds. The minimum Gasteiger partial charge on any atom is -0.337 e. The Balaban J connectivity index is 1.26. The molecule has 2 aliphatic heterocycles. The summed E-state index contributed by atoms with van der Waals surface area (Å²) < 4.78 is 54.3. The van der Waals surface area contributed by atoms with E-state index < -0.39 is 23.0 Å². The Hall–Kier alpha value is -3.83.